The number of methoxy groups -OCH3 is 1. The van der Waals surface area contributed by atoms with E-state index in [0.29, 0.717) is 16.5 Å². The van der Waals surface area contributed by atoms with Crippen molar-refractivity contribution in [2.24, 2.45) is 0 Å². The van der Waals surface area contributed by atoms with E-state index < -0.39 is 0 Å². The molecule has 0 unspecified atom stereocenters. The van der Waals surface area contributed by atoms with Gasteiger partial charge in [0.05, 0.1) is 7.11 Å². The highest BCUT2D eigenvalue weighted by molar-refractivity contribution is 6.31. The molecule has 0 atom stereocenters. The number of benzene rings is 2. The molecule has 0 aliphatic rings. The summed E-state index contributed by atoms with van der Waals surface area (Å²) in [7, 11) is 1.65. The van der Waals surface area contributed by atoms with Crippen molar-refractivity contribution in [3.05, 3.63) is 58.9 Å². The van der Waals surface area contributed by atoms with Crippen molar-refractivity contribution in [2.75, 3.05) is 7.11 Å². The average molecular weight is 286 g/mol. The second kappa shape index (κ2) is 5.39. The van der Waals surface area contributed by atoms with E-state index in [4.69, 9.17) is 20.8 Å². The Bertz CT molecular complexity index is 777. The Kier molecular flexibility index (Phi) is 3.44. The van der Waals surface area contributed by atoms with Crippen LogP contribution >= 0.6 is 11.6 Å². The molecule has 0 N–H and O–H groups in total. The first-order valence-corrected chi connectivity index (χ1v) is 6.51. The van der Waals surface area contributed by atoms with Crippen LogP contribution in [0.25, 0.3) is 23.3 Å². The molecule has 1 aromatic heterocycles. The highest BCUT2D eigenvalue weighted by atomic mass is 35.5. The molecule has 0 fully saturated rings. The SMILES string of the molecule is COc1ccccc1/C=C/c1nc2cc(Cl)ccc2o1. The highest BCUT2D eigenvalue weighted by Gasteiger charge is 2.04. The summed E-state index contributed by atoms with van der Waals surface area (Å²) >= 11 is 5.92. The lowest BCUT2D eigenvalue weighted by molar-refractivity contribution is 0.414. The van der Waals surface area contributed by atoms with Gasteiger partial charge >= 0.3 is 0 Å². The van der Waals surface area contributed by atoms with Gasteiger partial charge in [-0.15, -0.1) is 0 Å². The molecule has 100 valence electrons. The summed E-state index contributed by atoms with van der Waals surface area (Å²) in [5.41, 5.74) is 2.43. The Hall–Kier alpha value is -2.26. The fraction of sp³-hybridized carbons (Fsp3) is 0.0625. The molecule has 20 heavy (non-hydrogen) atoms. The van der Waals surface area contributed by atoms with Gasteiger partial charge in [0.2, 0.25) is 5.89 Å². The minimum absolute atomic E-state index is 0.535. The lowest BCUT2D eigenvalue weighted by Gasteiger charge is -2.02. The lowest BCUT2D eigenvalue weighted by atomic mass is 10.2. The predicted molar refractivity (Wildman–Crippen MR) is 80.9 cm³/mol. The topological polar surface area (TPSA) is 35.3 Å². The Morgan fingerprint density at radius 3 is 2.85 bits per heavy atom. The molecule has 2 aromatic carbocycles. The molecule has 1 heterocycles. The average Bonchev–Trinajstić information content (AvgIpc) is 2.87. The number of halogens is 1. The summed E-state index contributed by atoms with van der Waals surface area (Å²) in [4.78, 5) is 4.37. The lowest BCUT2D eigenvalue weighted by Crippen LogP contribution is -1.85. The summed E-state index contributed by atoms with van der Waals surface area (Å²) in [5, 5.41) is 0.644. The number of ether oxygens (including phenoxy) is 1. The molecule has 0 aliphatic carbocycles. The van der Waals surface area contributed by atoms with Gasteiger partial charge in [0, 0.05) is 16.7 Å². The largest absolute Gasteiger partial charge is 0.496 e. The molecule has 4 heteroatoms. The number of para-hydroxylation sites is 1. The van der Waals surface area contributed by atoms with Crippen molar-refractivity contribution in [3.8, 4) is 5.75 Å². The van der Waals surface area contributed by atoms with Crippen molar-refractivity contribution in [1.29, 1.82) is 0 Å². The van der Waals surface area contributed by atoms with Crippen molar-refractivity contribution in [1.82, 2.24) is 4.98 Å². The molecule has 0 saturated carbocycles. The Labute approximate surface area is 121 Å². The van der Waals surface area contributed by atoms with E-state index in [0.717, 1.165) is 16.8 Å². The fourth-order valence-corrected chi connectivity index (χ4v) is 2.12. The Balaban J connectivity index is 1.94. The number of oxazole rings is 1. The smallest absolute Gasteiger partial charge is 0.220 e. The van der Waals surface area contributed by atoms with Crippen LogP contribution in [0.15, 0.2) is 46.9 Å². The van der Waals surface area contributed by atoms with Gasteiger partial charge in [-0.1, -0.05) is 29.8 Å². The number of hydrogen-bond acceptors (Lipinski definition) is 3. The monoisotopic (exact) mass is 285 g/mol. The van der Waals surface area contributed by atoms with Gasteiger partial charge in [-0.05, 0) is 30.3 Å². The van der Waals surface area contributed by atoms with Crippen LogP contribution < -0.4 is 4.74 Å². The van der Waals surface area contributed by atoms with Crippen LogP contribution in [0.4, 0.5) is 0 Å². The van der Waals surface area contributed by atoms with Crippen LogP contribution in [0.1, 0.15) is 11.5 Å². The zero-order valence-electron chi connectivity index (χ0n) is 10.8. The van der Waals surface area contributed by atoms with Crippen LogP contribution in [0.5, 0.6) is 5.75 Å². The van der Waals surface area contributed by atoms with Gasteiger partial charge in [-0.3, -0.25) is 0 Å². The molecule has 0 radical (unpaired) electrons. The van der Waals surface area contributed by atoms with Crippen molar-refractivity contribution in [2.45, 2.75) is 0 Å². The maximum atomic E-state index is 5.92. The van der Waals surface area contributed by atoms with E-state index in [1.54, 1.807) is 19.2 Å². The third-order valence-electron chi connectivity index (χ3n) is 2.91. The molecule has 3 rings (SSSR count). The summed E-state index contributed by atoms with van der Waals surface area (Å²) in [6.45, 7) is 0. The maximum Gasteiger partial charge on any atom is 0.220 e. The summed E-state index contributed by atoms with van der Waals surface area (Å²) in [6, 6.07) is 13.1. The van der Waals surface area contributed by atoms with E-state index in [1.165, 1.54) is 0 Å². The number of aromatic nitrogens is 1. The number of fused-ring (bicyclic) bond motifs is 1. The van der Waals surface area contributed by atoms with Gasteiger partial charge in [-0.2, -0.15) is 0 Å². The summed E-state index contributed by atoms with van der Waals surface area (Å²) in [5.74, 6) is 1.34. The summed E-state index contributed by atoms with van der Waals surface area (Å²) < 4.78 is 10.9. The van der Waals surface area contributed by atoms with Gasteiger partial charge in [0.15, 0.2) is 5.58 Å². The van der Waals surface area contributed by atoms with E-state index in [9.17, 15) is 0 Å². The fourth-order valence-electron chi connectivity index (χ4n) is 1.95. The number of nitrogens with zero attached hydrogens (tertiary/aromatic N) is 1. The highest BCUT2D eigenvalue weighted by Crippen LogP contribution is 2.23. The van der Waals surface area contributed by atoms with E-state index in [1.807, 2.05) is 42.5 Å². The third kappa shape index (κ3) is 2.53. The third-order valence-corrected chi connectivity index (χ3v) is 3.15. The number of rotatable bonds is 3. The normalized spacial score (nSPS) is 11.3. The molecule has 0 spiro atoms. The predicted octanol–water partition coefficient (Wildman–Crippen LogP) is 4.66. The first kappa shape index (κ1) is 12.8. The van der Waals surface area contributed by atoms with Crippen LogP contribution in [0.2, 0.25) is 5.02 Å². The Morgan fingerprint density at radius 1 is 1.15 bits per heavy atom. The second-order valence-corrected chi connectivity index (χ2v) is 4.68. The zero-order valence-corrected chi connectivity index (χ0v) is 11.6. The first-order chi connectivity index (χ1) is 9.76. The van der Waals surface area contributed by atoms with E-state index in [2.05, 4.69) is 4.98 Å². The van der Waals surface area contributed by atoms with Crippen molar-refractivity contribution < 1.29 is 9.15 Å². The van der Waals surface area contributed by atoms with Crippen LogP contribution in [-0.4, -0.2) is 12.1 Å². The standard InChI is InChI=1S/C16H12ClNO2/c1-19-14-5-3-2-4-11(14)6-9-16-18-13-10-12(17)7-8-15(13)20-16/h2-10H,1H3/b9-6+. The molecule has 0 amide bonds. The van der Waals surface area contributed by atoms with Crippen LogP contribution in [-0.2, 0) is 0 Å². The van der Waals surface area contributed by atoms with Crippen molar-refractivity contribution in [3.63, 3.8) is 0 Å². The molecule has 3 nitrogen and oxygen atoms in total. The minimum atomic E-state index is 0.535. The van der Waals surface area contributed by atoms with Gasteiger partial charge in [-0.25, -0.2) is 4.98 Å². The minimum Gasteiger partial charge on any atom is -0.496 e. The Morgan fingerprint density at radius 2 is 2.00 bits per heavy atom. The molecule has 3 aromatic rings. The quantitative estimate of drug-likeness (QED) is 0.702. The van der Waals surface area contributed by atoms with E-state index in [-0.39, 0.29) is 0 Å². The summed E-state index contributed by atoms with van der Waals surface area (Å²) in [6.07, 6.45) is 3.72. The zero-order chi connectivity index (χ0) is 13.9. The van der Waals surface area contributed by atoms with Crippen LogP contribution in [0, 0.1) is 0 Å². The molecule has 0 bridgehead atoms. The van der Waals surface area contributed by atoms with E-state index >= 15 is 0 Å². The van der Waals surface area contributed by atoms with Gasteiger partial charge in [0.25, 0.3) is 0 Å². The number of hydrogen-bond donors (Lipinski definition) is 0. The maximum absolute atomic E-state index is 5.92. The molecule has 0 saturated heterocycles. The molecular formula is C16H12ClNO2. The van der Waals surface area contributed by atoms with Crippen molar-refractivity contribution >= 4 is 34.9 Å². The first-order valence-electron chi connectivity index (χ1n) is 6.13. The molecule has 0 aliphatic heterocycles. The van der Waals surface area contributed by atoms with Crippen LogP contribution in [0.3, 0.4) is 0 Å². The van der Waals surface area contributed by atoms with Gasteiger partial charge in [0.1, 0.15) is 11.3 Å². The molecular weight excluding hydrogens is 274 g/mol. The van der Waals surface area contributed by atoms with Gasteiger partial charge < -0.3 is 9.15 Å². The second-order valence-electron chi connectivity index (χ2n) is 4.24.